The molecule has 34 heavy (non-hydrogen) atoms. The standard InChI is InChI=1S/C30H24N2O2/c33-30(34-22-23-13-5-1-6-14-23)29-27(31-25-17-9-3-10-18-25)21-28(24-15-7-2-8-16-24)32(29)26-19-11-4-12-20-26/h1-21,31H,22H2. The minimum absolute atomic E-state index is 0.199. The molecule has 5 rings (SSSR count). The van der Waals surface area contributed by atoms with Crippen molar-refractivity contribution in [2.75, 3.05) is 5.32 Å². The highest BCUT2D eigenvalue weighted by Crippen LogP contribution is 2.35. The molecule has 0 bridgehead atoms. The van der Waals surface area contributed by atoms with E-state index in [-0.39, 0.29) is 6.61 Å². The monoisotopic (exact) mass is 444 g/mol. The molecule has 4 heteroatoms. The number of nitrogens with zero attached hydrogens (tertiary/aromatic N) is 1. The molecule has 0 unspecified atom stereocenters. The van der Waals surface area contributed by atoms with Gasteiger partial charge in [0.15, 0.2) is 5.69 Å². The summed E-state index contributed by atoms with van der Waals surface area (Å²) in [5.41, 5.74) is 5.76. The van der Waals surface area contributed by atoms with Crippen molar-refractivity contribution in [3.8, 4) is 16.9 Å². The van der Waals surface area contributed by atoms with E-state index in [0.717, 1.165) is 28.2 Å². The number of esters is 1. The van der Waals surface area contributed by atoms with Crippen LogP contribution in [0.25, 0.3) is 16.9 Å². The molecule has 5 aromatic rings. The fourth-order valence-corrected chi connectivity index (χ4v) is 3.94. The number of nitrogens with one attached hydrogen (secondary N) is 1. The lowest BCUT2D eigenvalue weighted by Crippen LogP contribution is -2.13. The van der Waals surface area contributed by atoms with Crippen LogP contribution in [0.3, 0.4) is 0 Å². The van der Waals surface area contributed by atoms with Crippen LogP contribution in [0.4, 0.5) is 11.4 Å². The molecule has 1 aromatic heterocycles. The van der Waals surface area contributed by atoms with Gasteiger partial charge in [0.25, 0.3) is 0 Å². The molecule has 0 aliphatic rings. The molecule has 0 saturated heterocycles. The average molecular weight is 445 g/mol. The molecule has 1 heterocycles. The lowest BCUT2D eigenvalue weighted by Gasteiger charge is -2.15. The Balaban J connectivity index is 1.64. The molecule has 1 N–H and O–H groups in total. The Morgan fingerprint density at radius 3 is 1.91 bits per heavy atom. The summed E-state index contributed by atoms with van der Waals surface area (Å²) in [6.45, 7) is 0.199. The second-order valence-electron chi connectivity index (χ2n) is 7.88. The Hall–Kier alpha value is -4.57. The zero-order valence-electron chi connectivity index (χ0n) is 18.6. The molecule has 0 amide bonds. The molecular weight excluding hydrogens is 420 g/mol. The fraction of sp³-hybridized carbons (Fsp3) is 0.0333. The molecule has 0 spiro atoms. The van der Waals surface area contributed by atoms with Crippen LogP contribution >= 0.6 is 0 Å². The van der Waals surface area contributed by atoms with E-state index in [1.165, 1.54) is 0 Å². The number of benzene rings is 4. The van der Waals surface area contributed by atoms with Gasteiger partial charge < -0.3 is 14.6 Å². The van der Waals surface area contributed by atoms with Crippen molar-refractivity contribution in [3.05, 3.63) is 139 Å². The average Bonchev–Trinajstić information content (AvgIpc) is 3.28. The number of rotatable bonds is 7. The van der Waals surface area contributed by atoms with Crippen LogP contribution in [0.15, 0.2) is 127 Å². The SMILES string of the molecule is O=C(OCc1ccccc1)c1c(Nc2ccccc2)cc(-c2ccccc2)n1-c1ccccc1. The molecule has 0 aliphatic carbocycles. The molecule has 0 atom stereocenters. The first-order valence-corrected chi connectivity index (χ1v) is 11.2. The molecule has 0 saturated carbocycles. The predicted octanol–water partition coefficient (Wildman–Crippen LogP) is 7.24. The van der Waals surface area contributed by atoms with Crippen LogP contribution in [-0.4, -0.2) is 10.5 Å². The smallest absolute Gasteiger partial charge is 0.357 e. The first-order chi connectivity index (χ1) is 16.8. The summed E-state index contributed by atoms with van der Waals surface area (Å²) in [5, 5.41) is 3.43. The Morgan fingerprint density at radius 1 is 0.706 bits per heavy atom. The number of aromatic nitrogens is 1. The Morgan fingerprint density at radius 2 is 1.26 bits per heavy atom. The lowest BCUT2D eigenvalue weighted by molar-refractivity contribution is 0.0464. The van der Waals surface area contributed by atoms with Gasteiger partial charge in [0.2, 0.25) is 0 Å². The topological polar surface area (TPSA) is 43.3 Å². The maximum Gasteiger partial charge on any atom is 0.357 e. The second-order valence-corrected chi connectivity index (χ2v) is 7.88. The predicted molar refractivity (Wildman–Crippen MR) is 136 cm³/mol. The van der Waals surface area contributed by atoms with Crippen LogP contribution in [0.5, 0.6) is 0 Å². The number of hydrogen-bond donors (Lipinski definition) is 1. The van der Waals surface area contributed by atoms with E-state index < -0.39 is 5.97 Å². The normalized spacial score (nSPS) is 10.6. The van der Waals surface area contributed by atoms with Crippen molar-refractivity contribution in [1.82, 2.24) is 4.57 Å². The third-order valence-electron chi connectivity index (χ3n) is 5.54. The minimum atomic E-state index is -0.395. The molecule has 0 radical (unpaired) electrons. The van der Waals surface area contributed by atoms with Gasteiger partial charge in [0, 0.05) is 11.4 Å². The number of anilines is 2. The summed E-state index contributed by atoms with van der Waals surface area (Å²) < 4.78 is 7.77. The number of carbonyl (C=O) groups excluding carboxylic acids is 1. The first kappa shape index (κ1) is 21.3. The number of hydrogen-bond acceptors (Lipinski definition) is 3. The van der Waals surface area contributed by atoms with Gasteiger partial charge in [0.05, 0.1) is 11.4 Å². The van der Waals surface area contributed by atoms with E-state index in [0.29, 0.717) is 11.4 Å². The maximum absolute atomic E-state index is 13.6. The van der Waals surface area contributed by atoms with Crippen LogP contribution < -0.4 is 5.32 Å². The van der Waals surface area contributed by atoms with Gasteiger partial charge in [-0.05, 0) is 41.5 Å². The van der Waals surface area contributed by atoms with Gasteiger partial charge in [-0.3, -0.25) is 0 Å². The van der Waals surface area contributed by atoms with Crippen molar-refractivity contribution in [2.24, 2.45) is 0 Å². The number of carbonyl (C=O) groups is 1. The number of ether oxygens (including phenoxy) is 1. The summed E-state index contributed by atoms with van der Waals surface area (Å²) >= 11 is 0. The van der Waals surface area contributed by atoms with Gasteiger partial charge in [-0.1, -0.05) is 97.1 Å². The summed E-state index contributed by atoms with van der Waals surface area (Å²) in [4.78, 5) is 13.6. The van der Waals surface area contributed by atoms with Gasteiger partial charge in [-0.15, -0.1) is 0 Å². The Bertz CT molecular complexity index is 1360. The molecule has 4 nitrogen and oxygen atoms in total. The van der Waals surface area contributed by atoms with E-state index >= 15 is 0 Å². The van der Waals surface area contributed by atoms with Gasteiger partial charge >= 0.3 is 5.97 Å². The minimum Gasteiger partial charge on any atom is -0.456 e. The zero-order valence-corrected chi connectivity index (χ0v) is 18.6. The van der Waals surface area contributed by atoms with Crippen molar-refractivity contribution >= 4 is 17.3 Å². The van der Waals surface area contributed by atoms with E-state index in [1.807, 2.05) is 132 Å². The zero-order chi connectivity index (χ0) is 23.2. The molecule has 4 aromatic carbocycles. The highest BCUT2D eigenvalue weighted by molar-refractivity contribution is 5.98. The van der Waals surface area contributed by atoms with Gasteiger partial charge in [-0.2, -0.15) is 0 Å². The molecule has 0 aliphatic heterocycles. The third-order valence-corrected chi connectivity index (χ3v) is 5.54. The maximum atomic E-state index is 13.6. The van der Waals surface area contributed by atoms with E-state index in [1.54, 1.807) is 0 Å². The van der Waals surface area contributed by atoms with Crippen LogP contribution in [-0.2, 0) is 11.3 Å². The molecular formula is C30H24N2O2. The molecule has 0 fully saturated rings. The summed E-state index contributed by atoms with van der Waals surface area (Å²) in [7, 11) is 0. The lowest BCUT2D eigenvalue weighted by atomic mass is 10.1. The van der Waals surface area contributed by atoms with E-state index in [2.05, 4.69) is 5.32 Å². The van der Waals surface area contributed by atoms with Crippen molar-refractivity contribution in [1.29, 1.82) is 0 Å². The fourth-order valence-electron chi connectivity index (χ4n) is 3.94. The Labute approximate surface area is 199 Å². The van der Waals surface area contributed by atoms with E-state index in [9.17, 15) is 4.79 Å². The van der Waals surface area contributed by atoms with Crippen molar-refractivity contribution in [3.63, 3.8) is 0 Å². The van der Waals surface area contributed by atoms with Crippen LogP contribution in [0.1, 0.15) is 16.1 Å². The molecule has 166 valence electrons. The van der Waals surface area contributed by atoms with Crippen molar-refractivity contribution in [2.45, 2.75) is 6.61 Å². The van der Waals surface area contributed by atoms with Gasteiger partial charge in [0.1, 0.15) is 6.61 Å². The highest BCUT2D eigenvalue weighted by atomic mass is 16.5. The van der Waals surface area contributed by atoms with E-state index in [4.69, 9.17) is 4.74 Å². The van der Waals surface area contributed by atoms with Gasteiger partial charge in [-0.25, -0.2) is 4.79 Å². The summed E-state index contributed by atoms with van der Waals surface area (Å²) in [6, 6.07) is 41.5. The highest BCUT2D eigenvalue weighted by Gasteiger charge is 2.25. The third kappa shape index (κ3) is 4.62. The van der Waals surface area contributed by atoms with Crippen molar-refractivity contribution < 1.29 is 9.53 Å². The largest absolute Gasteiger partial charge is 0.456 e. The second kappa shape index (κ2) is 9.92. The Kier molecular flexibility index (Phi) is 6.21. The summed E-state index contributed by atoms with van der Waals surface area (Å²) in [6.07, 6.45) is 0. The number of para-hydroxylation sites is 2. The quantitative estimate of drug-likeness (QED) is 0.269. The summed E-state index contributed by atoms with van der Waals surface area (Å²) in [5.74, 6) is -0.395. The first-order valence-electron chi connectivity index (χ1n) is 11.2. The van der Waals surface area contributed by atoms with Crippen LogP contribution in [0.2, 0.25) is 0 Å². The van der Waals surface area contributed by atoms with Crippen LogP contribution in [0, 0.1) is 0 Å².